The van der Waals surface area contributed by atoms with Gasteiger partial charge in [0, 0.05) is 17.2 Å². The van der Waals surface area contributed by atoms with Gasteiger partial charge in [0.2, 0.25) is 0 Å². The molecule has 0 radical (unpaired) electrons. The molecule has 1 saturated carbocycles. The smallest absolute Gasteiger partial charge is 0.267 e. The van der Waals surface area contributed by atoms with Gasteiger partial charge in [-0.05, 0) is 34.8 Å². The van der Waals surface area contributed by atoms with E-state index in [1.165, 1.54) is 19.3 Å². The number of amides is 1. The van der Waals surface area contributed by atoms with Gasteiger partial charge < -0.3 is 15.0 Å². The molecule has 1 aromatic rings. The van der Waals surface area contributed by atoms with Crippen LogP contribution in [0.4, 0.5) is 0 Å². The van der Waals surface area contributed by atoms with E-state index in [1.807, 2.05) is 0 Å². The van der Waals surface area contributed by atoms with E-state index >= 15 is 0 Å². The highest BCUT2D eigenvalue weighted by Crippen LogP contribution is 2.19. The largest absolute Gasteiger partial charge is 0.376 e. The van der Waals surface area contributed by atoms with Crippen LogP contribution in [0.15, 0.2) is 16.7 Å². The van der Waals surface area contributed by atoms with Crippen molar-refractivity contribution in [1.29, 1.82) is 0 Å². The predicted molar refractivity (Wildman–Crippen MR) is 73.7 cm³/mol. The fraction of sp³-hybridized carbons (Fsp3) is 0.615. The average Bonchev–Trinajstić information content (AvgIpc) is 2.82. The Morgan fingerprint density at radius 1 is 1.44 bits per heavy atom. The van der Waals surface area contributed by atoms with E-state index in [0.29, 0.717) is 24.9 Å². The van der Waals surface area contributed by atoms with E-state index in [-0.39, 0.29) is 5.91 Å². The molecule has 1 aliphatic carbocycles. The number of carbonyl (C=O) groups is 1. The highest BCUT2D eigenvalue weighted by atomic mass is 79.9. The molecule has 0 atom stereocenters. The Balaban J connectivity index is 1.61. The van der Waals surface area contributed by atoms with Crippen LogP contribution in [0.25, 0.3) is 0 Å². The van der Waals surface area contributed by atoms with E-state index in [0.717, 1.165) is 17.3 Å². The molecule has 100 valence electrons. The molecule has 2 rings (SSSR count). The molecular weight excluding hydrogens is 296 g/mol. The fourth-order valence-corrected chi connectivity index (χ4v) is 2.56. The second-order valence-electron chi connectivity index (χ2n) is 4.62. The zero-order valence-corrected chi connectivity index (χ0v) is 12.0. The molecule has 0 unspecified atom stereocenters. The average molecular weight is 315 g/mol. The molecule has 1 aliphatic rings. The summed E-state index contributed by atoms with van der Waals surface area (Å²) in [6, 6.07) is 1.76. The second-order valence-corrected chi connectivity index (χ2v) is 5.53. The van der Waals surface area contributed by atoms with Crippen molar-refractivity contribution in [2.75, 3.05) is 13.2 Å². The molecule has 0 aromatic carbocycles. The highest BCUT2D eigenvalue weighted by Gasteiger charge is 2.13. The molecule has 1 aromatic heterocycles. The number of aromatic nitrogens is 1. The summed E-state index contributed by atoms with van der Waals surface area (Å²) >= 11 is 3.30. The Labute approximate surface area is 116 Å². The molecule has 1 amide bonds. The maximum Gasteiger partial charge on any atom is 0.267 e. The number of H-pyrrole nitrogens is 1. The van der Waals surface area contributed by atoms with E-state index in [9.17, 15) is 4.79 Å². The van der Waals surface area contributed by atoms with Crippen molar-refractivity contribution in [3.63, 3.8) is 0 Å². The van der Waals surface area contributed by atoms with Crippen molar-refractivity contribution >= 4 is 21.8 Å². The van der Waals surface area contributed by atoms with Crippen LogP contribution in [0, 0.1) is 0 Å². The Morgan fingerprint density at radius 3 is 2.89 bits per heavy atom. The number of hydrogen-bond donors (Lipinski definition) is 2. The third kappa shape index (κ3) is 4.14. The summed E-state index contributed by atoms with van der Waals surface area (Å²) in [5, 5.41) is 2.84. The molecule has 1 fully saturated rings. The maximum absolute atomic E-state index is 11.7. The lowest BCUT2D eigenvalue weighted by Gasteiger charge is -2.21. The summed E-state index contributed by atoms with van der Waals surface area (Å²) in [6.07, 6.45) is 8.34. The summed E-state index contributed by atoms with van der Waals surface area (Å²) in [6.45, 7) is 1.16. The number of nitrogens with one attached hydrogen (secondary N) is 2. The SMILES string of the molecule is O=C(NCCOC1CCCCC1)c1cc(Br)c[nH]1. The first-order valence-corrected chi connectivity index (χ1v) is 7.29. The van der Waals surface area contributed by atoms with Gasteiger partial charge >= 0.3 is 0 Å². The van der Waals surface area contributed by atoms with Crippen molar-refractivity contribution in [3.8, 4) is 0 Å². The van der Waals surface area contributed by atoms with E-state index in [4.69, 9.17) is 4.74 Å². The zero-order valence-electron chi connectivity index (χ0n) is 10.4. The minimum atomic E-state index is -0.0899. The molecule has 18 heavy (non-hydrogen) atoms. The molecule has 2 N–H and O–H groups in total. The van der Waals surface area contributed by atoms with Crippen molar-refractivity contribution in [2.45, 2.75) is 38.2 Å². The summed E-state index contributed by atoms with van der Waals surface area (Å²) in [7, 11) is 0. The third-order valence-electron chi connectivity index (χ3n) is 3.19. The molecule has 1 heterocycles. The Bertz CT molecular complexity index is 386. The number of aromatic amines is 1. The van der Waals surface area contributed by atoms with Gasteiger partial charge in [-0.15, -0.1) is 0 Å². The monoisotopic (exact) mass is 314 g/mol. The van der Waals surface area contributed by atoms with Crippen LogP contribution < -0.4 is 5.32 Å². The van der Waals surface area contributed by atoms with E-state index in [1.54, 1.807) is 12.3 Å². The molecule has 0 bridgehead atoms. The molecule has 5 heteroatoms. The topological polar surface area (TPSA) is 54.1 Å². The predicted octanol–water partition coefficient (Wildman–Crippen LogP) is 2.86. The third-order valence-corrected chi connectivity index (χ3v) is 3.64. The van der Waals surface area contributed by atoms with Gasteiger partial charge in [0.1, 0.15) is 5.69 Å². The standard InChI is InChI=1S/C13H19BrN2O2/c14-10-8-12(16-9-10)13(17)15-6-7-18-11-4-2-1-3-5-11/h8-9,11,16H,1-7H2,(H,15,17). The van der Waals surface area contributed by atoms with Crippen molar-refractivity contribution < 1.29 is 9.53 Å². The first kappa shape index (κ1) is 13.6. The summed E-state index contributed by atoms with van der Waals surface area (Å²) in [5.74, 6) is -0.0899. The van der Waals surface area contributed by atoms with Crippen molar-refractivity contribution in [3.05, 3.63) is 22.4 Å². The van der Waals surface area contributed by atoms with Crippen LogP contribution in [-0.2, 0) is 4.74 Å². The zero-order chi connectivity index (χ0) is 12.8. The highest BCUT2D eigenvalue weighted by molar-refractivity contribution is 9.10. The lowest BCUT2D eigenvalue weighted by molar-refractivity contribution is 0.0299. The molecule has 0 aliphatic heterocycles. The normalized spacial score (nSPS) is 16.7. The Hall–Kier alpha value is -0.810. The number of ether oxygens (including phenoxy) is 1. The first-order valence-electron chi connectivity index (χ1n) is 6.49. The lowest BCUT2D eigenvalue weighted by Crippen LogP contribution is -2.29. The van der Waals surface area contributed by atoms with Gasteiger partial charge in [0.25, 0.3) is 5.91 Å². The minimum absolute atomic E-state index is 0.0899. The van der Waals surface area contributed by atoms with Gasteiger partial charge in [-0.2, -0.15) is 0 Å². The number of hydrogen-bond acceptors (Lipinski definition) is 2. The van der Waals surface area contributed by atoms with E-state index in [2.05, 4.69) is 26.2 Å². The van der Waals surface area contributed by atoms with Gasteiger partial charge in [-0.3, -0.25) is 4.79 Å². The fourth-order valence-electron chi connectivity index (χ4n) is 2.22. The Morgan fingerprint density at radius 2 is 2.22 bits per heavy atom. The molecule has 4 nitrogen and oxygen atoms in total. The molecule has 0 saturated heterocycles. The maximum atomic E-state index is 11.7. The lowest BCUT2D eigenvalue weighted by atomic mass is 9.98. The van der Waals surface area contributed by atoms with Crippen molar-refractivity contribution in [1.82, 2.24) is 10.3 Å². The van der Waals surface area contributed by atoms with Gasteiger partial charge in [0.05, 0.1) is 12.7 Å². The van der Waals surface area contributed by atoms with Gasteiger partial charge in [-0.25, -0.2) is 0 Å². The van der Waals surface area contributed by atoms with Gasteiger partial charge in [0.15, 0.2) is 0 Å². The van der Waals surface area contributed by atoms with Crippen LogP contribution in [0.5, 0.6) is 0 Å². The number of rotatable bonds is 5. The van der Waals surface area contributed by atoms with Crippen LogP contribution in [0.2, 0.25) is 0 Å². The Kier molecular flexibility index (Phi) is 5.26. The summed E-state index contributed by atoms with van der Waals surface area (Å²) in [4.78, 5) is 14.6. The molecular formula is C13H19BrN2O2. The minimum Gasteiger partial charge on any atom is -0.376 e. The van der Waals surface area contributed by atoms with Crippen LogP contribution in [0.3, 0.4) is 0 Å². The van der Waals surface area contributed by atoms with Gasteiger partial charge in [-0.1, -0.05) is 19.3 Å². The van der Waals surface area contributed by atoms with Crippen LogP contribution in [0.1, 0.15) is 42.6 Å². The summed E-state index contributed by atoms with van der Waals surface area (Å²) < 4.78 is 6.62. The van der Waals surface area contributed by atoms with Crippen LogP contribution >= 0.6 is 15.9 Å². The van der Waals surface area contributed by atoms with Crippen LogP contribution in [-0.4, -0.2) is 30.1 Å². The molecule has 0 spiro atoms. The number of carbonyl (C=O) groups excluding carboxylic acids is 1. The van der Waals surface area contributed by atoms with E-state index < -0.39 is 0 Å². The quantitative estimate of drug-likeness (QED) is 0.821. The number of halogens is 1. The first-order chi connectivity index (χ1) is 8.75. The summed E-state index contributed by atoms with van der Waals surface area (Å²) in [5.41, 5.74) is 0.569. The van der Waals surface area contributed by atoms with Crippen molar-refractivity contribution in [2.24, 2.45) is 0 Å². The second kappa shape index (κ2) is 6.95.